The Bertz CT molecular complexity index is 1140. The van der Waals surface area contributed by atoms with E-state index in [-0.39, 0.29) is 6.61 Å². The Morgan fingerprint density at radius 1 is 0.897 bits per heavy atom. The molecule has 0 radical (unpaired) electrons. The van der Waals surface area contributed by atoms with Crippen LogP contribution in [0, 0.1) is 0 Å². The smallest absolute Gasteiger partial charge is 0.338 e. The van der Waals surface area contributed by atoms with Crippen LogP contribution in [0.3, 0.4) is 0 Å². The first-order valence-corrected chi connectivity index (χ1v) is 9.01. The Kier molecular flexibility index (Phi) is 5.33. The first-order chi connectivity index (χ1) is 14.2. The van der Waals surface area contributed by atoms with Crippen molar-refractivity contribution >= 4 is 17.0 Å². The van der Waals surface area contributed by atoms with Crippen LogP contribution in [0.25, 0.3) is 11.0 Å². The number of carbonyl (C=O) groups excluding carboxylic acids is 1. The fraction of sp³-hybridized carbons (Fsp3) is 0.0870. The number of rotatable bonds is 6. The Morgan fingerprint density at radius 2 is 1.69 bits per heavy atom. The Hall–Kier alpha value is -3.93. The van der Waals surface area contributed by atoms with Crippen molar-refractivity contribution in [3.63, 3.8) is 0 Å². The molecule has 3 aromatic carbocycles. The summed E-state index contributed by atoms with van der Waals surface area (Å²) in [5, 5.41) is 0. The average Bonchev–Trinajstić information content (AvgIpc) is 2.78. The van der Waals surface area contributed by atoms with Gasteiger partial charge < -0.3 is 14.2 Å². The molecular weight excluding hydrogens is 368 g/mol. The van der Waals surface area contributed by atoms with E-state index in [1.807, 2.05) is 48.5 Å². The van der Waals surface area contributed by atoms with E-state index < -0.39 is 5.97 Å². The summed E-state index contributed by atoms with van der Waals surface area (Å²) in [6, 6.07) is 21.6. The number of ether oxygens (including phenoxy) is 3. The minimum atomic E-state index is -0.412. The van der Waals surface area contributed by atoms with Gasteiger partial charge in [-0.2, -0.15) is 0 Å². The summed E-state index contributed by atoms with van der Waals surface area (Å²) >= 11 is 0. The van der Waals surface area contributed by atoms with Crippen LogP contribution in [0.2, 0.25) is 0 Å². The highest BCUT2D eigenvalue weighted by Crippen LogP contribution is 2.22. The van der Waals surface area contributed by atoms with Gasteiger partial charge in [-0.05, 0) is 54.1 Å². The summed E-state index contributed by atoms with van der Waals surface area (Å²) in [4.78, 5) is 21.0. The third kappa shape index (κ3) is 4.50. The van der Waals surface area contributed by atoms with Gasteiger partial charge in [0.25, 0.3) is 0 Å². The molecule has 0 aliphatic carbocycles. The number of hydrogen-bond acceptors (Lipinski definition) is 6. The molecular formula is C23H18N2O4. The Balaban J connectivity index is 1.39. The number of methoxy groups -OCH3 is 1. The predicted octanol–water partition coefficient (Wildman–Crippen LogP) is 4.79. The van der Waals surface area contributed by atoms with Crippen molar-refractivity contribution in [3.05, 3.63) is 90.1 Å². The summed E-state index contributed by atoms with van der Waals surface area (Å²) < 4.78 is 16.3. The molecule has 0 N–H and O–H groups in total. The van der Waals surface area contributed by atoms with E-state index in [0.717, 1.165) is 22.3 Å². The molecule has 0 aliphatic rings. The Labute approximate surface area is 167 Å². The second kappa shape index (κ2) is 8.39. The summed E-state index contributed by atoms with van der Waals surface area (Å²) in [5.41, 5.74) is 2.84. The zero-order valence-electron chi connectivity index (χ0n) is 15.7. The summed E-state index contributed by atoms with van der Waals surface area (Å²) in [5.74, 6) is 1.25. The predicted molar refractivity (Wildman–Crippen MR) is 108 cm³/mol. The third-order valence-electron chi connectivity index (χ3n) is 4.24. The molecule has 6 heteroatoms. The van der Waals surface area contributed by atoms with Crippen molar-refractivity contribution in [2.24, 2.45) is 0 Å². The van der Waals surface area contributed by atoms with Gasteiger partial charge in [-0.1, -0.05) is 24.3 Å². The fourth-order valence-corrected chi connectivity index (χ4v) is 2.76. The van der Waals surface area contributed by atoms with Crippen molar-refractivity contribution < 1.29 is 19.0 Å². The van der Waals surface area contributed by atoms with Gasteiger partial charge in [0, 0.05) is 0 Å². The maximum atomic E-state index is 12.3. The van der Waals surface area contributed by atoms with Crippen LogP contribution < -0.4 is 9.47 Å². The lowest BCUT2D eigenvalue weighted by atomic mass is 10.2. The van der Waals surface area contributed by atoms with E-state index in [1.54, 1.807) is 37.6 Å². The molecule has 0 unspecified atom stereocenters. The van der Waals surface area contributed by atoms with Crippen LogP contribution >= 0.6 is 0 Å². The quantitative estimate of drug-likeness (QED) is 0.444. The van der Waals surface area contributed by atoms with Crippen LogP contribution in [0.4, 0.5) is 0 Å². The molecule has 1 heterocycles. The molecule has 1 aromatic heterocycles. The zero-order chi connectivity index (χ0) is 20.1. The second-order valence-electron chi connectivity index (χ2n) is 6.25. The van der Waals surface area contributed by atoms with Crippen LogP contribution in [-0.2, 0) is 11.3 Å². The van der Waals surface area contributed by atoms with E-state index in [2.05, 4.69) is 9.97 Å². The minimum absolute atomic E-state index is 0.168. The molecule has 4 aromatic rings. The highest BCUT2D eigenvalue weighted by atomic mass is 16.5. The maximum Gasteiger partial charge on any atom is 0.338 e. The van der Waals surface area contributed by atoms with Gasteiger partial charge >= 0.3 is 5.97 Å². The number of fused-ring (bicyclic) bond motifs is 1. The Morgan fingerprint density at radius 3 is 2.48 bits per heavy atom. The number of carbonyl (C=O) groups is 1. The maximum absolute atomic E-state index is 12.3. The SMILES string of the molecule is COc1cccc(COC(=O)c2ccc(Oc3cnc4ccccc4n3)cc2)c1. The fourth-order valence-electron chi connectivity index (χ4n) is 2.76. The zero-order valence-corrected chi connectivity index (χ0v) is 15.7. The van der Waals surface area contributed by atoms with Crippen molar-refractivity contribution in [3.8, 4) is 17.4 Å². The molecule has 0 bridgehead atoms. The van der Waals surface area contributed by atoms with Gasteiger partial charge in [-0.3, -0.25) is 0 Å². The minimum Gasteiger partial charge on any atom is -0.497 e. The molecule has 0 saturated heterocycles. The third-order valence-corrected chi connectivity index (χ3v) is 4.24. The second-order valence-corrected chi connectivity index (χ2v) is 6.25. The van der Waals surface area contributed by atoms with Gasteiger partial charge in [0.05, 0.1) is 29.9 Å². The lowest BCUT2D eigenvalue weighted by Gasteiger charge is -2.08. The van der Waals surface area contributed by atoms with Crippen LogP contribution in [0.5, 0.6) is 17.4 Å². The topological polar surface area (TPSA) is 70.5 Å². The van der Waals surface area contributed by atoms with E-state index >= 15 is 0 Å². The average molecular weight is 386 g/mol. The van der Waals surface area contributed by atoms with E-state index in [0.29, 0.717) is 17.2 Å². The van der Waals surface area contributed by atoms with Crippen molar-refractivity contribution in [2.45, 2.75) is 6.61 Å². The van der Waals surface area contributed by atoms with E-state index in [9.17, 15) is 4.79 Å². The molecule has 29 heavy (non-hydrogen) atoms. The molecule has 0 atom stereocenters. The summed E-state index contributed by atoms with van der Waals surface area (Å²) in [6.45, 7) is 0.168. The lowest BCUT2D eigenvalue weighted by Crippen LogP contribution is -2.05. The number of benzene rings is 3. The molecule has 6 nitrogen and oxygen atoms in total. The first kappa shape index (κ1) is 18.4. The molecule has 144 valence electrons. The largest absolute Gasteiger partial charge is 0.497 e. The number of hydrogen-bond donors (Lipinski definition) is 0. The number of aromatic nitrogens is 2. The first-order valence-electron chi connectivity index (χ1n) is 9.01. The monoisotopic (exact) mass is 386 g/mol. The van der Waals surface area contributed by atoms with Crippen LogP contribution in [0.1, 0.15) is 15.9 Å². The van der Waals surface area contributed by atoms with Crippen LogP contribution in [0.15, 0.2) is 79.0 Å². The highest BCUT2D eigenvalue weighted by Gasteiger charge is 2.09. The molecule has 4 rings (SSSR count). The summed E-state index contributed by atoms with van der Waals surface area (Å²) in [6.07, 6.45) is 1.57. The molecule has 0 aliphatic heterocycles. The van der Waals surface area contributed by atoms with E-state index in [1.165, 1.54) is 0 Å². The number of nitrogens with zero attached hydrogens (tertiary/aromatic N) is 2. The molecule has 0 amide bonds. The summed E-state index contributed by atoms with van der Waals surface area (Å²) in [7, 11) is 1.60. The standard InChI is InChI=1S/C23H18N2O4/c1-27-19-6-4-5-16(13-19)15-28-23(26)17-9-11-18(12-10-17)29-22-14-24-20-7-2-3-8-21(20)25-22/h2-14H,15H2,1H3. The van der Waals surface area contributed by atoms with Crippen molar-refractivity contribution in [2.75, 3.05) is 7.11 Å². The van der Waals surface area contributed by atoms with E-state index in [4.69, 9.17) is 14.2 Å². The van der Waals surface area contributed by atoms with Gasteiger partial charge in [0.15, 0.2) is 0 Å². The number of esters is 1. The normalized spacial score (nSPS) is 10.5. The number of para-hydroxylation sites is 2. The molecule has 0 saturated carbocycles. The van der Waals surface area contributed by atoms with Crippen LogP contribution in [-0.4, -0.2) is 23.0 Å². The molecule has 0 spiro atoms. The molecule has 0 fully saturated rings. The highest BCUT2D eigenvalue weighted by molar-refractivity contribution is 5.89. The van der Waals surface area contributed by atoms with Gasteiger partial charge in [0.2, 0.25) is 5.88 Å². The van der Waals surface area contributed by atoms with Gasteiger partial charge in [0.1, 0.15) is 18.1 Å². The van der Waals surface area contributed by atoms with Crippen molar-refractivity contribution in [1.29, 1.82) is 0 Å². The lowest BCUT2D eigenvalue weighted by molar-refractivity contribution is 0.0472. The van der Waals surface area contributed by atoms with Crippen molar-refractivity contribution in [1.82, 2.24) is 9.97 Å². The van der Waals surface area contributed by atoms with Gasteiger partial charge in [-0.25, -0.2) is 14.8 Å². The van der Waals surface area contributed by atoms with Gasteiger partial charge in [-0.15, -0.1) is 0 Å².